The van der Waals surface area contributed by atoms with Crippen molar-refractivity contribution in [2.75, 3.05) is 0 Å². The van der Waals surface area contributed by atoms with Crippen molar-refractivity contribution in [1.29, 1.82) is 0 Å². The molecule has 0 bridgehead atoms. The summed E-state index contributed by atoms with van der Waals surface area (Å²) >= 11 is 0. The van der Waals surface area contributed by atoms with E-state index < -0.39 is 11.6 Å². The Bertz CT molecular complexity index is 274. The monoisotopic (exact) mass is 231 g/mol. The van der Waals surface area contributed by atoms with Crippen LogP contribution in [0.1, 0.15) is 34.1 Å². The summed E-state index contributed by atoms with van der Waals surface area (Å²) in [5.74, 6) is -1.73. The van der Waals surface area contributed by atoms with E-state index in [0.717, 1.165) is 0 Å². The van der Waals surface area contributed by atoms with Gasteiger partial charge in [-0.05, 0) is 27.7 Å². The molecule has 1 unspecified atom stereocenters. The maximum absolute atomic E-state index is 9.60. The van der Waals surface area contributed by atoms with E-state index in [1.54, 1.807) is 13.8 Å². The lowest BCUT2D eigenvalue weighted by molar-refractivity contribution is -0.221. The van der Waals surface area contributed by atoms with Crippen LogP contribution < -0.4 is 5.73 Å². The van der Waals surface area contributed by atoms with Gasteiger partial charge in [-0.15, -0.1) is 0 Å². The fraction of sp³-hybridized carbons (Fsp3) is 1.00. The topological polar surface area (TPSA) is 73.9 Å². The van der Waals surface area contributed by atoms with Gasteiger partial charge in [0, 0.05) is 6.42 Å². The second kappa shape index (κ2) is 3.65. The Morgan fingerprint density at radius 3 is 2.50 bits per heavy atom. The van der Waals surface area contributed by atoms with Crippen LogP contribution >= 0.6 is 0 Å². The van der Waals surface area contributed by atoms with Crippen LogP contribution in [0.25, 0.3) is 0 Å². The molecule has 0 aromatic heterocycles. The summed E-state index contributed by atoms with van der Waals surface area (Å²) in [7, 11) is 0. The van der Waals surface area contributed by atoms with Crippen LogP contribution in [0.3, 0.4) is 0 Å². The van der Waals surface area contributed by atoms with Crippen molar-refractivity contribution in [3.63, 3.8) is 0 Å². The Balaban J connectivity index is 2.00. The molecule has 3 N–H and O–H groups in total. The highest BCUT2D eigenvalue weighted by Gasteiger charge is 2.53. The zero-order valence-corrected chi connectivity index (χ0v) is 10.3. The van der Waals surface area contributed by atoms with Crippen LogP contribution in [0.15, 0.2) is 0 Å². The average Bonchev–Trinajstić information content (AvgIpc) is 2.46. The van der Waals surface area contributed by atoms with E-state index in [9.17, 15) is 5.11 Å². The highest BCUT2D eigenvalue weighted by atomic mass is 16.8. The Labute approximate surface area is 95.9 Å². The predicted octanol–water partition coefficient (Wildman–Crippen LogP) is 0.351. The molecule has 5 heteroatoms. The summed E-state index contributed by atoms with van der Waals surface area (Å²) in [6.07, 6.45) is 0.282. The molecule has 2 aliphatic rings. The van der Waals surface area contributed by atoms with Crippen molar-refractivity contribution in [3.8, 4) is 0 Å². The van der Waals surface area contributed by atoms with Gasteiger partial charge < -0.3 is 25.1 Å². The zero-order chi connectivity index (χ0) is 12.1. The Morgan fingerprint density at radius 1 is 1.38 bits per heavy atom. The number of hydrogen-bond donors (Lipinski definition) is 2. The molecule has 1 aliphatic carbocycles. The number of hydrogen-bond acceptors (Lipinski definition) is 5. The minimum atomic E-state index is -1.17. The fourth-order valence-corrected chi connectivity index (χ4v) is 2.47. The van der Waals surface area contributed by atoms with Crippen LogP contribution in [0.2, 0.25) is 0 Å². The van der Waals surface area contributed by atoms with E-state index in [4.69, 9.17) is 19.9 Å². The molecule has 16 heavy (non-hydrogen) atoms. The van der Waals surface area contributed by atoms with Gasteiger partial charge in [0.05, 0.1) is 18.2 Å². The van der Waals surface area contributed by atoms with Crippen LogP contribution in [0, 0.1) is 0 Å². The van der Waals surface area contributed by atoms with Gasteiger partial charge in [0.2, 0.25) is 0 Å². The van der Waals surface area contributed by atoms with Gasteiger partial charge in [-0.3, -0.25) is 0 Å². The average molecular weight is 231 g/mol. The van der Waals surface area contributed by atoms with E-state index in [2.05, 4.69) is 0 Å². The molecule has 5 nitrogen and oxygen atoms in total. The van der Waals surface area contributed by atoms with Gasteiger partial charge in [0.15, 0.2) is 11.6 Å². The number of fused-ring (bicyclic) bond motifs is 1. The zero-order valence-electron chi connectivity index (χ0n) is 10.3. The predicted molar refractivity (Wildman–Crippen MR) is 57.6 cm³/mol. The highest BCUT2D eigenvalue weighted by Crippen LogP contribution is 2.39. The first kappa shape index (κ1) is 12.3. The third-order valence-corrected chi connectivity index (χ3v) is 2.93. The molecule has 1 aliphatic heterocycles. The second-order valence-corrected chi connectivity index (χ2v) is 5.55. The smallest absolute Gasteiger partial charge is 0.163 e. The lowest BCUT2D eigenvalue weighted by Crippen LogP contribution is -2.45. The molecule has 1 heterocycles. The van der Waals surface area contributed by atoms with E-state index in [0.29, 0.717) is 6.42 Å². The maximum atomic E-state index is 9.60. The molecule has 0 spiro atoms. The number of aliphatic hydroxyl groups is 1. The SMILES string of the molecule is CC(C)(O)OC1C[C@H]2OC(C)(C)O[C@H]2[C@H]1N. The third-order valence-electron chi connectivity index (χ3n) is 2.93. The van der Waals surface area contributed by atoms with Crippen molar-refractivity contribution in [2.45, 2.75) is 70.0 Å². The van der Waals surface area contributed by atoms with Crippen LogP contribution in [0.5, 0.6) is 0 Å². The first-order valence-electron chi connectivity index (χ1n) is 5.69. The second-order valence-electron chi connectivity index (χ2n) is 5.55. The molecule has 1 saturated heterocycles. The van der Waals surface area contributed by atoms with Crippen LogP contribution in [0.4, 0.5) is 0 Å². The van der Waals surface area contributed by atoms with Crippen molar-refractivity contribution in [2.24, 2.45) is 5.73 Å². The Morgan fingerprint density at radius 2 is 2.00 bits per heavy atom. The molecule has 2 fully saturated rings. The molecule has 0 radical (unpaired) electrons. The molecule has 0 amide bonds. The molecular weight excluding hydrogens is 210 g/mol. The molecule has 94 valence electrons. The number of ether oxygens (including phenoxy) is 3. The van der Waals surface area contributed by atoms with Gasteiger partial charge in [0.25, 0.3) is 0 Å². The number of nitrogens with two attached hydrogens (primary N) is 1. The quantitative estimate of drug-likeness (QED) is 0.671. The van der Waals surface area contributed by atoms with Gasteiger partial charge in [-0.2, -0.15) is 0 Å². The molecule has 2 rings (SSSR count). The van der Waals surface area contributed by atoms with Gasteiger partial charge in [0.1, 0.15) is 6.10 Å². The minimum Gasteiger partial charge on any atom is -0.366 e. The van der Waals surface area contributed by atoms with Crippen molar-refractivity contribution >= 4 is 0 Å². The Kier molecular flexibility index (Phi) is 2.79. The number of rotatable bonds is 2. The lowest BCUT2D eigenvalue weighted by atomic mass is 10.2. The largest absolute Gasteiger partial charge is 0.366 e. The summed E-state index contributed by atoms with van der Waals surface area (Å²) in [4.78, 5) is 0. The Hall–Kier alpha value is -0.200. The summed E-state index contributed by atoms with van der Waals surface area (Å²) in [6.45, 7) is 6.95. The lowest BCUT2D eigenvalue weighted by Gasteiger charge is -2.28. The summed E-state index contributed by atoms with van der Waals surface area (Å²) < 4.78 is 16.9. The first-order valence-corrected chi connectivity index (χ1v) is 5.69. The first-order chi connectivity index (χ1) is 7.18. The van der Waals surface area contributed by atoms with E-state index >= 15 is 0 Å². The molecule has 1 saturated carbocycles. The molecule has 0 aromatic rings. The van der Waals surface area contributed by atoms with Crippen LogP contribution in [-0.2, 0) is 14.2 Å². The van der Waals surface area contributed by atoms with E-state index in [1.807, 2.05) is 13.8 Å². The molecular formula is C11H21NO4. The minimum absolute atomic E-state index is 0.0302. The van der Waals surface area contributed by atoms with E-state index in [-0.39, 0.29) is 24.4 Å². The summed E-state index contributed by atoms with van der Waals surface area (Å²) in [6, 6.07) is -0.252. The van der Waals surface area contributed by atoms with E-state index in [1.165, 1.54) is 0 Å². The maximum Gasteiger partial charge on any atom is 0.163 e. The third kappa shape index (κ3) is 2.38. The van der Waals surface area contributed by atoms with Crippen molar-refractivity contribution in [1.82, 2.24) is 0 Å². The van der Waals surface area contributed by atoms with Crippen molar-refractivity contribution in [3.05, 3.63) is 0 Å². The van der Waals surface area contributed by atoms with Gasteiger partial charge in [-0.25, -0.2) is 0 Å². The van der Waals surface area contributed by atoms with Crippen LogP contribution in [-0.4, -0.2) is 41.0 Å². The van der Waals surface area contributed by atoms with Gasteiger partial charge >= 0.3 is 0 Å². The summed E-state index contributed by atoms with van der Waals surface area (Å²) in [5, 5.41) is 9.60. The highest BCUT2D eigenvalue weighted by molar-refractivity contribution is 5.01. The van der Waals surface area contributed by atoms with Crippen molar-refractivity contribution < 1.29 is 19.3 Å². The normalized spacial score (nSPS) is 42.4. The molecule has 4 atom stereocenters. The summed E-state index contributed by atoms with van der Waals surface area (Å²) in [5.41, 5.74) is 6.05. The molecule has 0 aromatic carbocycles. The fourth-order valence-electron chi connectivity index (χ4n) is 2.47. The van der Waals surface area contributed by atoms with Gasteiger partial charge in [-0.1, -0.05) is 0 Å². The standard InChI is InChI=1S/C11H21NO4/c1-10(2,13)14-6-5-7-9(8(6)12)16-11(3,4)15-7/h6-9,13H,5,12H2,1-4H3/t6?,7-,8+,9-/m1/s1.